The van der Waals surface area contributed by atoms with Gasteiger partial charge in [0.1, 0.15) is 17.7 Å². The monoisotopic (exact) mass is 373 g/mol. The van der Waals surface area contributed by atoms with Gasteiger partial charge in [0.2, 0.25) is 5.91 Å². The summed E-state index contributed by atoms with van der Waals surface area (Å²) in [6.45, 7) is 3.59. The average molecular weight is 373 g/mol. The standard InChI is InChI=1S/C19H17F2N3OS/c1-11(19(25)24-17-9-14(20)5-8-16(17)21)22-15-6-3-13(4-7-15)18-10-26-12(2)23-18/h3-11,22H,1-2H3,(H,24,25)/t11-/m0/s1. The van der Waals surface area contributed by atoms with Gasteiger partial charge in [-0.05, 0) is 38.1 Å². The molecule has 0 aliphatic carbocycles. The summed E-state index contributed by atoms with van der Waals surface area (Å²) in [4.78, 5) is 16.6. The van der Waals surface area contributed by atoms with Crippen LogP contribution in [0.4, 0.5) is 20.2 Å². The third-order valence-electron chi connectivity index (χ3n) is 3.76. The van der Waals surface area contributed by atoms with Gasteiger partial charge in [-0.15, -0.1) is 11.3 Å². The smallest absolute Gasteiger partial charge is 0.246 e. The van der Waals surface area contributed by atoms with Crippen LogP contribution >= 0.6 is 11.3 Å². The van der Waals surface area contributed by atoms with Crippen molar-refractivity contribution in [2.75, 3.05) is 10.6 Å². The number of amides is 1. The molecule has 2 N–H and O–H groups in total. The van der Waals surface area contributed by atoms with E-state index in [0.29, 0.717) is 0 Å². The third-order valence-corrected chi connectivity index (χ3v) is 4.54. The zero-order chi connectivity index (χ0) is 18.7. The Kier molecular flexibility index (Phi) is 5.27. The first-order chi connectivity index (χ1) is 12.4. The minimum atomic E-state index is -0.685. The predicted molar refractivity (Wildman–Crippen MR) is 100 cm³/mol. The molecule has 3 aromatic rings. The molecule has 0 bridgehead atoms. The van der Waals surface area contributed by atoms with E-state index in [-0.39, 0.29) is 5.69 Å². The Bertz CT molecular complexity index is 925. The Labute approximate surface area is 153 Å². The minimum absolute atomic E-state index is 0.183. The molecule has 0 unspecified atom stereocenters. The van der Waals surface area contributed by atoms with Crippen LogP contribution in [0.2, 0.25) is 0 Å². The highest BCUT2D eigenvalue weighted by Crippen LogP contribution is 2.23. The van der Waals surface area contributed by atoms with Gasteiger partial charge >= 0.3 is 0 Å². The summed E-state index contributed by atoms with van der Waals surface area (Å²) < 4.78 is 26.8. The minimum Gasteiger partial charge on any atom is -0.374 e. The summed E-state index contributed by atoms with van der Waals surface area (Å²) in [5.74, 6) is -1.77. The molecule has 0 aliphatic rings. The molecule has 0 radical (unpaired) electrons. The maximum absolute atomic E-state index is 13.6. The zero-order valence-electron chi connectivity index (χ0n) is 14.2. The number of aryl methyl sites for hydroxylation is 1. The lowest BCUT2D eigenvalue weighted by Crippen LogP contribution is -2.32. The van der Waals surface area contributed by atoms with E-state index in [4.69, 9.17) is 0 Å². The normalized spacial score (nSPS) is 11.8. The average Bonchev–Trinajstić information content (AvgIpc) is 3.05. The van der Waals surface area contributed by atoms with Crippen LogP contribution in [0.3, 0.4) is 0 Å². The second kappa shape index (κ2) is 7.61. The fourth-order valence-corrected chi connectivity index (χ4v) is 3.01. The fraction of sp³-hybridized carbons (Fsp3) is 0.158. The molecule has 0 spiro atoms. The molecule has 26 heavy (non-hydrogen) atoms. The van der Waals surface area contributed by atoms with Crippen molar-refractivity contribution < 1.29 is 13.6 Å². The number of aromatic nitrogens is 1. The molecule has 0 fully saturated rings. The van der Waals surface area contributed by atoms with Gasteiger partial charge in [0.25, 0.3) is 0 Å². The highest BCUT2D eigenvalue weighted by molar-refractivity contribution is 7.09. The maximum atomic E-state index is 13.6. The van der Waals surface area contributed by atoms with Crippen LogP contribution in [0.15, 0.2) is 47.8 Å². The number of carbonyl (C=O) groups excluding carboxylic acids is 1. The highest BCUT2D eigenvalue weighted by Gasteiger charge is 2.15. The van der Waals surface area contributed by atoms with Crippen molar-refractivity contribution in [2.45, 2.75) is 19.9 Å². The van der Waals surface area contributed by atoms with Gasteiger partial charge in [-0.3, -0.25) is 4.79 Å². The number of halogens is 2. The molecule has 3 rings (SSSR count). The van der Waals surface area contributed by atoms with Crippen LogP contribution in [0.1, 0.15) is 11.9 Å². The number of hydrogen-bond donors (Lipinski definition) is 2. The second-order valence-corrected chi connectivity index (χ2v) is 6.87. The SMILES string of the molecule is Cc1nc(-c2ccc(N[C@@H](C)C(=O)Nc3cc(F)ccc3F)cc2)cs1. The molecular weight excluding hydrogens is 356 g/mol. The lowest BCUT2D eigenvalue weighted by Gasteiger charge is -2.16. The van der Waals surface area contributed by atoms with Crippen molar-refractivity contribution in [3.63, 3.8) is 0 Å². The summed E-state index contributed by atoms with van der Waals surface area (Å²) in [5.41, 5.74) is 2.45. The molecule has 1 amide bonds. The predicted octanol–water partition coefficient (Wildman–Crippen LogP) is 4.84. The number of benzene rings is 2. The quantitative estimate of drug-likeness (QED) is 0.673. The number of nitrogens with zero attached hydrogens (tertiary/aromatic N) is 1. The summed E-state index contributed by atoms with van der Waals surface area (Å²) in [6, 6.07) is 9.80. The van der Waals surface area contributed by atoms with Gasteiger partial charge < -0.3 is 10.6 Å². The van der Waals surface area contributed by atoms with E-state index in [1.165, 1.54) is 0 Å². The molecule has 134 valence electrons. The summed E-state index contributed by atoms with van der Waals surface area (Å²) in [6.07, 6.45) is 0. The topological polar surface area (TPSA) is 54.0 Å². The van der Waals surface area contributed by atoms with Crippen LogP contribution in [0.25, 0.3) is 11.3 Å². The number of nitrogens with one attached hydrogen (secondary N) is 2. The first-order valence-corrected chi connectivity index (χ1v) is 8.85. The zero-order valence-corrected chi connectivity index (χ0v) is 15.0. The molecule has 2 aromatic carbocycles. The molecular formula is C19H17F2N3OS. The largest absolute Gasteiger partial charge is 0.374 e. The molecule has 0 saturated carbocycles. The van der Waals surface area contributed by atoms with E-state index in [9.17, 15) is 13.6 Å². The Balaban J connectivity index is 1.64. The number of thiazole rings is 1. The van der Waals surface area contributed by atoms with Crippen molar-refractivity contribution in [3.8, 4) is 11.3 Å². The van der Waals surface area contributed by atoms with Gasteiger partial charge in [0, 0.05) is 22.7 Å². The summed E-state index contributed by atoms with van der Waals surface area (Å²) in [7, 11) is 0. The summed E-state index contributed by atoms with van der Waals surface area (Å²) >= 11 is 1.58. The van der Waals surface area contributed by atoms with Gasteiger partial charge in [-0.2, -0.15) is 0 Å². The van der Waals surface area contributed by atoms with E-state index in [0.717, 1.165) is 40.2 Å². The van der Waals surface area contributed by atoms with Gasteiger partial charge in [0.05, 0.1) is 16.4 Å². The number of anilines is 2. The van der Waals surface area contributed by atoms with Crippen LogP contribution < -0.4 is 10.6 Å². The first kappa shape index (κ1) is 18.0. The summed E-state index contributed by atoms with van der Waals surface area (Å²) in [5, 5.41) is 8.40. The Morgan fingerprint density at radius 3 is 2.54 bits per heavy atom. The first-order valence-electron chi connectivity index (χ1n) is 7.97. The lowest BCUT2D eigenvalue weighted by molar-refractivity contribution is -0.116. The molecule has 0 aliphatic heterocycles. The highest BCUT2D eigenvalue weighted by atomic mass is 32.1. The Morgan fingerprint density at radius 1 is 1.15 bits per heavy atom. The van der Waals surface area contributed by atoms with Crippen molar-refractivity contribution in [1.29, 1.82) is 0 Å². The van der Waals surface area contributed by atoms with Crippen LogP contribution in [0.5, 0.6) is 0 Å². The lowest BCUT2D eigenvalue weighted by atomic mass is 10.1. The fourth-order valence-electron chi connectivity index (χ4n) is 2.38. The maximum Gasteiger partial charge on any atom is 0.246 e. The molecule has 0 saturated heterocycles. The second-order valence-electron chi connectivity index (χ2n) is 5.81. The van der Waals surface area contributed by atoms with E-state index >= 15 is 0 Å². The molecule has 7 heteroatoms. The molecule has 1 atom stereocenters. The van der Waals surface area contributed by atoms with E-state index in [1.54, 1.807) is 18.3 Å². The van der Waals surface area contributed by atoms with Crippen molar-refractivity contribution in [2.24, 2.45) is 0 Å². The van der Waals surface area contributed by atoms with Gasteiger partial charge in [-0.25, -0.2) is 13.8 Å². The third kappa shape index (κ3) is 4.23. The van der Waals surface area contributed by atoms with Crippen molar-refractivity contribution in [3.05, 3.63) is 64.5 Å². The Hall–Kier alpha value is -2.80. The van der Waals surface area contributed by atoms with Crippen LogP contribution in [-0.2, 0) is 4.79 Å². The van der Waals surface area contributed by atoms with Gasteiger partial charge in [-0.1, -0.05) is 12.1 Å². The van der Waals surface area contributed by atoms with E-state index in [2.05, 4.69) is 15.6 Å². The van der Waals surface area contributed by atoms with E-state index in [1.807, 2.05) is 36.6 Å². The molecule has 1 heterocycles. The van der Waals surface area contributed by atoms with Crippen LogP contribution in [0, 0.1) is 18.6 Å². The van der Waals surface area contributed by atoms with Crippen molar-refractivity contribution in [1.82, 2.24) is 4.98 Å². The number of rotatable bonds is 5. The number of carbonyl (C=O) groups is 1. The molecule has 4 nitrogen and oxygen atoms in total. The van der Waals surface area contributed by atoms with Crippen molar-refractivity contribution >= 4 is 28.6 Å². The van der Waals surface area contributed by atoms with E-state index < -0.39 is 23.6 Å². The number of hydrogen-bond acceptors (Lipinski definition) is 4. The van der Waals surface area contributed by atoms with Crippen LogP contribution in [-0.4, -0.2) is 16.9 Å². The van der Waals surface area contributed by atoms with Gasteiger partial charge in [0.15, 0.2) is 0 Å². The Morgan fingerprint density at radius 2 is 1.88 bits per heavy atom. The molecule has 1 aromatic heterocycles.